The number of benzene rings is 1. The van der Waals surface area contributed by atoms with E-state index in [0.717, 1.165) is 11.3 Å². The highest BCUT2D eigenvalue weighted by molar-refractivity contribution is 5.78. The number of carbonyl (C=O) groups excluding carboxylic acids is 1. The Kier molecular flexibility index (Phi) is 5.83. The molecule has 0 heterocycles. The maximum absolute atomic E-state index is 11.6. The fourth-order valence-corrected chi connectivity index (χ4v) is 1.98. The van der Waals surface area contributed by atoms with Gasteiger partial charge < -0.3 is 15.4 Å². The van der Waals surface area contributed by atoms with Gasteiger partial charge in [-0.25, -0.2) is 0 Å². The molecular weight excluding hydrogens is 240 g/mol. The van der Waals surface area contributed by atoms with Crippen LogP contribution in [0.25, 0.3) is 0 Å². The van der Waals surface area contributed by atoms with Crippen LogP contribution in [0.4, 0.5) is 0 Å². The number of carbonyl (C=O) groups is 1. The molecule has 1 aromatic carbocycles. The van der Waals surface area contributed by atoms with E-state index in [9.17, 15) is 4.79 Å². The Morgan fingerprint density at radius 3 is 2.53 bits per heavy atom. The van der Waals surface area contributed by atoms with Crippen LogP contribution in [0, 0.1) is 0 Å². The van der Waals surface area contributed by atoms with Crippen LogP contribution >= 0.6 is 0 Å². The second kappa shape index (κ2) is 7.14. The van der Waals surface area contributed by atoms with Gasteiger partial charge in [-0.05, 0) is 37.6 Å². The lowest BCUT2D eigenvalue weighted by Crippen LogP contribution is -2.34. The van der Waals surface area contributed by atoms with Crippen LogP contribution in [0.2, 0.25) is 0 Å². The quantitative estimate of drug-likeness (QED) is 0.828. The molecule has 0 aliphatic rings. The predicted molar refractivity (Wildman–Crippen MR) is 77.6 cm³/mol. The van der Waals surface area contributed by atoms with E-state index in [-0.39, 0.29) is 11.9 Å². The summed E-state index contributed by atoms with van der Waals surface area (Å²) < 4.78 is 5.38. The minimum Gasteiger partial charge on any atom is -0.496 e. The monoisotopic (exact) mass is 264 g/mol. The highest BCUT2D eigenvalue weighted by Crippen LogP contribution is 2.28. The summed E-state index contributed by atoms with van der Waals surface area (Å²) in [4.78, 5) is 11.6. The molecule has 0 saturated carbocycles. The van der Waals surface area contributed by atoms with E-state index in [4.69, 9.17) is 4.74 Å². The molecule has 1 atom stereocenters. The number of hydrogen-bond acceptors (Lipinski definition) is 3. The molecule has 106 valence electrons. The molecule has 0 saturated heterocycles. The molecule has 0 spiro atoms. The van der Waals surface area contributed by atoms with Gasteiger partial charge in [0.05, 0.1) is 19.7 Å². The Hall–Kier alpha value is -1.55. The lowest BCUT2D eigenvalue weighted by atomic mass is 9.97. The van der Waals surface area contributed by atoms with E-state index in [2.05, 4.69) is 36.6 Å². The van der Waals surface area contributed by atoms with Gasteiger partial charge in [0.15, 0.2) is 0 Å². The van der Waals surface area contributed by atoms with Crippen molar-refractivity contribution in [2.45, 2.75) is 32.7 Å². The maximum atomic E-state index is 11.6. The normalized spacial score (nSPS) is 12.3. The average Bonchev–Trinajstić information content (AvgIpc) is 2.37. The van der Waals surface area contributed by atoms with E-state index >= 15 is 0 Å². The molecule has 0 aromatic heterocycles. The first-order valence-electron chi connectivity index (χ1n) is 6.61. The van der Waals surface area contributed by atoms with Crippen LogP contribution in [0.3, 0.4) is 0 Å². The Bertz CT molecular complexity index is 430. The molecule has 0 bridgehead atoms. The second-order valence-electron chi connectivity index (χ2n) is 4.98. The predicted octanol–water partition coefficient (Wildman–Crippen LogP) is 2.22. The molecular formula is C15H24N2O2. The van der Waals surface area contributed by atoms with Crippen molar-refractivity contribution in [3.05, 3.63) is 29.3 Å². The number of amides is 1. The van der Waals surface area contributed by atoms with Crippen molar-refractivity contribution in [1.82, 2.24) is 10.6 Å². The van der Waals surface area contributed by atoms with E-state index in [1.54, 1.807) is 14.2 Å². The lowest BCUT2D eigenvalue weighted by molar-refractivity contribution is -0.120. The molecule has 1 aromatic rings. The van der Waals surface area contributed by atoms with Gasteiger partial charge in [0.25, 0.3) is 0 Å². The van der Waals surface area contributed by atoms with Crippen molar-refractivity contribution in [2.24, 2.45) is 0 Å². The minimum absolute atomic E-state index is 0.0213. The smallest absolute Gasteiger partial charge is 0.234 e. The number of nitrogens with one attached hydrogen (secondary N) is 2. The summed E-state index contributed by atoms with van der Waals surface area (Å²) in [7, 11) is 3.40. The molecule has 1 rings (SSSR count). The van der Waals surface area contributed by atoms with E-state index in [1.165, 1.54) is 5.56 Å². The van der Waals surface area contributed by atoms with Gasteiger partial charge in [0, 0.05) is 5.56 Å². The first-order valence-corrected chi connectivity index (χ1v) is 6.61. The highest BCUT2D eigenvalue weighted by atomic mass is 16.5. The van der Waals surface area contributed by atoms with Gasteiger partial charge in [0.1, 0.15) is 5.75 Å². The number of rotatable bonds is 6. The summed E-state index contributed by atoms with van der Waals surface area (Å²) in [6.07, 6.45) is 0. The van der Waals surface area contributed by atoms with Crippen LogP contribution in [-0.2, 0) is 4.79 Å². The van der Waals surface area contributed by atoms with E-state index in [1.807, 2.05) is 13.0 Å². The summed E-state index contributed by atoms with van der Waals surface area (Å²) in [5, 5.41) is 5.80. The van der Waals surface area contributed by atoms with Crippen LogP contribution in [0.5, 0.6) is 5.75 Å². The van der Waals surface area contributed by atoms with Crippen LogP contribution in [-0.4, -0.2) is 26.6 Å². The van der Waals surface area contributed by atoms with E-state index in [0.29, 0.717) is 12.5 Å². The first kappa shape index (κ1) is 15.5. The van der Waals surface area contributed by atoms with Crippen molar-refractivity contribution >= 4 is 5.91 Å². The van der Waals surface area contributed by atoms with Crippen molar-refractivity contribution in [3.8, 4) is 5.75 Å². The molecule has 19 heavy (non-hydrogen) atoms. The molecule has 2 N–H and O–H groups in total. The number of hydrogen-bond donors (Lipinski definition) is 2. The fourth-order valence-electron chi connectivity index (χ4n) is 1.98. The van der Waals surface area contributed by atoms with Crippen molar-refractivity contribution in [3.63, 3.8) is 0 Å². The van der Waals surface area contributed by atoms with Crippen molar-refractivity contribution in [1.29, 1.82) is 0 Å². The molecule has 1 unspecified atom stereocenters. The standard InChI is InChI=1S/C15H24N2O2/c1-10(2)12-6-7-14(19-5)13(8-12)11(3)17-15(18)9-16-4/h6-8,10-11,16H,9H2,1-5H3,(H,17,18). The van der Waals surface area contributed by atoms with Gasteiger partial charge in [-0.1, -0.05) is 19.9 Å². The molecule has 1 amide bonds. The number of likely N-dealkylation sites (N-methyl/N-ethyl adjacent to an activating group) is 1. The Morgan fingerprint density at radius 2 is 2.00 bits per heavy atom. The Balaban J connectivity index is 2.95. The average molecular weight is 264 g/mol. The summed E-state index contributed by atoms with van der Waals surface area (Å²) >= 11 is 0. The topological polar surface area (TPSA) is 50.4 Å². The molecule has 0 aliphatic carbocycles. The SMILES string of the molecule is CNCC(=O)NC(C)c1cc(C(C)C)ccc1OC. The Labute approximate surface area is 115 Å². The minimum atomic E-state index is -0.0745. The fraction of sp³-hybridized carbons (Fsp3) is 0.533. The molecule has 4 nitrogen and oxygen atoms in total. The van der Waals surface area contributed by atoms with Crippen LogP contribution < -0.4 is 15.4 Å². The van der Waals surface area contributed by atoms with Crippen molar-refractivity contribution < 1.29 is 9.53 Å². The summed E-state index contributed by atoms with van der Waals surface area (Å²) in [5.74, 6) is 1.23. The Morgan fingerprint density at radius 1 is 1.32 bits per heavy atom. The zero-order valence-electron chi connectivity index (χ0n) is 12.4. The van der Waals surface area contributed by atoms with Gasteiger partial charge >= 0.3 is 0 Å². The maximum Gasteiger partial charge on any atom is 0.234 e. The first-order chi connectivity index (χ1) is 8.99. The third kappa shape index (κ3) is 4.24. The highest BCUT2D eigenvalue weighted by Gasteiger charge is 2.15. The zero-order chi connectivity index (χ0) is 14.4. The van der Waals surface area contributed by atoms with Gasteiger partial charge in [-0.15, -0.1) is 0 Å². The zero-order valence-corrected chi connectivity index (χ0v) is 12.4. The van der Waals surface area contributed by atoms with Crippen LogP contribution in [0.1, 0.15) is 43.9 Å². The number of ether oxygens (including phenoxy) is 1. The van der Waals surface area contributed by atoms with Gasteiger partial charge in [-0.3, -0.25) is 4.79 Å². The number of methoxy groups -OCH3 is 1. The summed E-state index contributed by atoms with van der Waals surface area (Å²) in [6, 6.07) is 6.06. The van der Waals surface area contributed by atoms with Gasteiger partial charge in [0.2, 0.25) is 5.91 Å². The second-order valence-corrected chi connectivity index (χ2v) is 4.98. The molecule has 0 fully saturated rings. The third-order valence-corrected chi connectivity index (χ3v) is 3.10. The van der Waals surface area contributed by atoms with Crippen LogP contribution in [0.15, 0.2) is 18.2 Å². The lowest BCUT2D eigenvalue weighted by Gasteiger charge is -2.19. The molecule has 0 radical (unpaired) electrons. The molecule has 4 heteroatoms. The largest absolute Gasteiger partial charge is 0.496 e. The van der Waals surface area contributed by atoms with Crippen molar-refractivity contribution in [2.75, 3.05) is 20.7 Å². The van der Waals surface area contributed by atoms with Gasteiger partial charge in [-0.2, -0.15) is 0 Å². The summed E-state index contributed by atoms with van der Waals surface area (Å²) in [6.45, 7) is 6.58. The molecule has 0 aliphatic heterocycles. The van der Waals surface area contributed by atoms with E-state index < -0.39 is 0 Å². The summed E-state index contributed by atoms with van der Waals surface area (Å²) in [5.41, 5.74) is 2.25. The third-order valence-electron chi connectivity index (χ3n) is 3.10.